The third kappa shape index (κ3) is 5.72. The Morgan fingerprint density at radius 2 is 0.947 bits per heavy atom. The van der Waals surface area contributed by atoms with Crippen molar-refractivity contribution in [1.29, 1.82) is 0 Å². The van der Waals surface area contributed by atoms with Gasteiger partial charge in [-0.2, -0.15) is 0 Å². The van der Waals surface area contributed by atoms with Crippen LogP contribution in [0, 0.1) is 0 Å². The minimum absolute atomic E-state index is 0.148. The number of carbonyl (C=O) groups excluding carboxylic acids is 2. The van der Waals surface area contributed by atoms with Crippen LogP contribution >= 0.6 is 0 Å². The van der Waals surface area contributed by atoms with Crippen molar-refractivity contribution in [2.75, 3.05) is 0 Å². The van der Waals surface area contributed by atoms with Gasteiger partial charge in [-0.05, 0) is 36.4 Å². The van der Waals surface area contributed by atoms with Crippen molar-refractivity contribution < 1.29 is 19.1 Å². The second kappa shape index (κ2) is 10.5. The zero-order chi connectivity index (χ0) is 26.6. The summed E-state index contributed by atoms with van der Waals surface area (Å²) in [7, 11) is 0. The molecule has 0 heterocycles. The molecular formula is C32H28N2O4. The second-order valence-electron chi connectivity index (χ2n) is 9.37. The standard InChI is InChI=1S/C32H28N2O4/c33-31(37-27-7-3-1-4-8-27)19-15-25(16-20-31)29(35)23-11-13-24(14-12-23)30(36)26-17-21-32(34,22-18-26)38-28-9-5-2-6-10-28/h1-19,21H,20,22,33-34H2. The number of hydrogen-bond donors (Lipinski definition) is 2. The van der Waals surface area contributed by atoms with Gasteiger partial charge in [0.15, 0.2) is 23.0 Å². The van der Waals surface area contributed by atoms with E-state index in [0.717, 1.165) is 0 Å². The van der Waals surface area contributed by atoms with Crippen LogP contribution in [-0.2, 0) is 0 Å². The molecule has 0 saturated heterocycles. The maximum Gasteiger partial charge on any atom is 0.192 e. The first-order valence-electron chi connectivity index (χ1n) is 12.4. The zero-order valence-corrected chi connectivity index (χ0v) is 20.7. The Labute approximate surface area is 221 Å². The van der Waals surface area contributed by atoms with Crippen LogP contribution < -0.4 is 20.9 Å². The lowest BCUT2D eigenvalue weighted by Crippen LogP contribution is -2.44. The lowest BCUT2D eigenvalue weighted by molar-refractivity contribution is 0.101. The third-order valence-electron chi connectivity index (χ3n) is 6.41. The number of rotatable bonds is 8. The Morgan fingerprint density at radius 1 is 0.579 bits per heavy atom. The summed E-state index contributed by atoms with van der Waals surface area (Å²) >= 11 is 0. The van der Waals surface area contributed by atoms with Crippen LogP contribution in [0.2, 0.25) is 0 Å². The Balaban J connectivity index is 1.20. The Morgan fingerprint density at radius 3 is 1.26 bits per heavy atom. The SMILES string of the molecule is NC1(Oc2ccccc2)C=CC(C(=O)c2ccc(C(=O)C3=CCC(N)(Oc4ccccc4)C=C3)cc2)=CC1. The zero-order valence-electron chi connectivity index (χ0n) is 20.7. The molecule has 0 fully saturated rings. The number of Topliss-reactive ketones (excluding diaryl/α,β-unsaturated/α-hetero) is 2. The normalized spacial score (nSPS) is 22.3. The van der Waals surface area contributed by atoms with Crippen molar-refractivity contribution >= 4 is 11.6 Å². The fourth-order valence-corrected chi connectivity index (χ4v) is 4.28. The summed E-state index contributed by atoms with van der Waals surface area (Å²) in [6, 6.07) is 25.3. The molecule has 3 aromatic rings. The Hall–Kier alpha value is -4.52. The molecule has 2 aliphatic carbocycles. The van der Waals surface area contributed by atoms with Crippen LogP contribution in [0.5, 0.6) is 11.5 Å². The molecule has 3 aromatic carbocycles. The highest BCUT2D eigenvalue weighted by molar-refractivity contribution is 6.13. The average Bonchev–Trinajstić information content (AvgIpc) is 2.94. The number of carbonyl (C=O) groups is 2. The van der Waals surface area contributed by atoms with Crippen molar-refractivity contribution in [3.05, 3.63) is 144 Å². The second-order valence-corrected chi connectivity index (χ2v) is 9.37. The minimum atomic E-state index is -1.02. The average molecular weight is 505 g/mol. The molecule has 38 heavy (non-hydrogen) atoms. The lowest BCUT2D eigenvalue weighted by atomic mass is 9.92. The number of benzene rings is 3. The van der Waals surface area contributed by atoms with Gasteiger partial charge in [0.1, 0.15) is 11.5 Å². The molecule has 0 bridgehead atoms. The molecule has 4 N–H and O–H groups in total. The smallest absolute Gasteiger partial charge is 0.192 e. The van der Waals surface area contributed by atoms with Gasteiger partial charge in [-0.1, -0.05) is 85.0 Å². The molecule has 190 valence electrons. The summed E-state index contributed by atoms with van der Waals surface area (Å²) < 4.78 is 11.8. The fourth-order valence-electron chi connectivity index (χ4n) is 4.28. The molecule has 6 nitrogen and oxygen atoms in total. The Kier molecular flexibility index (Phi) is 6.92. The van der Waals surface area contributed by atoms with Crippen LogP contribution in [0.15, 0.2) is 133 Å². The first-order valence-corrected chi connectivity index (χ1v) is 12.4. The molecule has 5 rings (SSSR count). The third-order valence-corrected chi connectivity index (χ3v) is 6.41. The molecule has 0 aromatic heterocycles. The molecule has 2 unspecified atom stereocenters. The first-order chi connectivity index (χ1) is 18.3. The molecule has 0 amide bonds. The van der Waals surface area contributed by atoms with E-state index >= 15 is 0 Å². The van der Waals surface area contributed by atoms with Crippen molar-refractivity contribution in [3.63, 3.8) is 0 Å². The number of ketones is 2. The van der Waals surface area contributed by atoms with E-state index in [9.17, 15) is 9.59 Å². The summed E-state index contributed by atoms with van der Waals surface area (Å²) in [4.78, 5) is 26.1. The van der Waals surface area contributed by atoms with Gasteiger partial charge < -0.3 is 9.47 Å². The molecule has 6 heteroatoms. The van der Waals surface area contributed by atoms with Gasteiger partial charge in [-0.15, -0.1) is 0 Å². The van der Waals surface area contributed by atoms with Gasteiger partial charge in [0, 0.05) is 35.1 Å². The fraction of sp³-hybridized carbons (Fsp3) is 0.125. The highest BCUT2D eigenvalue weighted by Crippen LogP contribution is 2.27. The molecule has 0 spiro atoms. The van der Waals surface area contributed by atoms with Crippen LogP contribution in [0.1, 0.15) is 33.6 Å². The number of hydrogen-bond acceptors (Lipinski definition) is 6. The Bertz CT molecular complexity index is 1340. The van der Waals surface area contributed by atoms with Gasteiger partial charge in [0.2, 0.25) is 0 Å². The van der Waals surface area contributed by atoms with Crippen molar-refractivity contribution in [2.45, 2.75) is 24.3 Å². The highest BCUT2D eigenvalue weighted by Gasteiger charge is 2.28. The van der Waals surface area contributed by atoms with Crippen LogP contribution in [-0.4, -0.2) is 23.0 Å². The summed E-state index contributed by atoms with van der Waals surface area (Å²) in [5.74, 6) is 1.02. The molecule has 0 aliphatic heterocycles. The maximum atomic E-state index is 13.0. The van der Waals surface area contributed by atoms with Gasteiger partial charge in [0.05, 0.1) is 0 Å². The summed E-state index contributed by atoms with van der Waals surface area (Å²) in [6.07, 6.45) is 11.0. The number of ether oxygens (including phenoxy) is 2. The maximum absolute atomic E-state index is 13.0. The lowest BCUT2D eigenvalue weighted by Gasteiger charge is -2.29. The number of allylic oxidation sites excluding steroid dienone is 4. The van der Waals surface area contributed by atoms with E-state index in [0.29, 0.717) is 46.6 Å². The van der Waals surface area contributed by atoms with E-state index in [2.05, 4.69) is 0 Å². The number of nitrogens with two attached hydrogens (primary N) is 2. The predicted octanol–water partition coefficient (Wildman–Crippen LogP) is 5.29. The van der Waals surface area contributed by atoms with Crippen LogP contribution in [0.3, 0.4) is 0 Å². The summed E-state index contributed by atoms with van der Waals surface area (Å²) in [5, 5.41) is 0. The number of para-hydroxylation sites is 2. The van der Waals surface area contributed by atoms with Crippen LogP contribution in [0.4, 0.5) is 0 Å². The van der Waals surface area contributed by atoms with Crippen molar-refractivity contribution in [3.8, 4) is 11.5 Å². The monoisotopic (exact) mass is 504 g/mol. The van der Waals surface area contributed by atoms with E-state index < -0.39 is 11.4 Å². The highest BCUT2D eigenvalue weighted by atomic mass is 16.5. The van der Waals surface area contributed by atoms with E-state index in [1.807, 2.05) is 60.7 Å². The van der Waals surface area contributed by atoms with Crippen molar-refractivity contribution in [1.82, 2.24) is 0 Å². The van der Waals surface area contributed by atoms with E-state index in [1.165, 1.54) is 0 Å². The quantitative estimate of drug-likeness (QED) is 0.319. The van der Waals surface area contributed by atoms with Gasteiger partial charge in [0.25, 0.3) is 0 Å². The van der Waals surface area contributed by atoms with Crippen LogP contribution in [0.25, 0.3) is 0 Å². The van der Waals surface area contributed by atoms with E-state index in [-0.39, 0.29) is 11.6 Å². The molecule has 2 aliphatic rings. The largest absolute Gasteiger partial charge is 0.469 e. The molecule has 0 radical (unpaired) electrons. The molecular weight excluding hydrogens is 476 g/mol. The van der Waals surface area contributed by atoms with Gasteiger partial charge in [-0.25, -0.2) is 0 Å². The minimum Gasteiger partial charge on any atom is -0.469 e. The summed E-state index contributed by atoms with van der Waals surface area (Å²) in [6.45, 7) is 0. The topological polar surface area (TPSA) is 105 Å². The van der Waals surface area contributed by atoms with E-state index in [1.54, 1.807) is 60.7 Å². The van der Waals surface area contributed by atoms with E-state index in [4.69, 9.17) is 20.9 Å². The first kappa shape index (κ1) is 25.1. The van der Waals surface area contributed by atoms with Gasteiger partial charge >= 0.3 is 0 Å². The predicted molar refractivity (Wildman–Crippen MR) is 147 cm³/mol. The molecule has 0 saturated carbocycles. The van der Waals surface area contributed by atoms with Crippen molar-refractivity contribution in [2.24, 2.45) is 11.5 Å². The summed E-state index contributed by atoms with van der Waals surface area (Å²) in [5.41, 5.74) is 12.7. The van der Waals surface area contributed by atoms with Gasteiger partial charge in [-0.3, -0.25) is 21.1 Å². The molecule has 2 atom stereocenters.